The van der Waals surface area contributed by atoms with E-state index in [2.05, 4.69) is 22.3 Å². The molecule has 0 radical (unpaired) electrons. The van der Waals surface area contributed by atoms with E-state index in [4.69, 9.17) is 10.5 Å². The van der Waals surface area contributed by atoms with E-state index in [-0.39, 0.29) is 11.4 Å². The van der Waals surface area contributed by atoms with Crippen LogP contribution >= 0.6 is 0 Å². The SMILES string of the molecule is Nc1c(NCCCOc2cccc(CN3CCCCCC3)c2)c(=O)c1=O. The molecular formula is C20H27N3O3. The number of rotatable bonds is 8. The third kappa shape index (κ3) is 4.64. The average molecular weight is 357 g/mol. The van der Waals surface area contributed by atoms with E-state index in [0.29, 0.717) is 19.6 Å². The lowest BCUT2D eigenvalue weighted by molar-refractivity contribution is 0.275. The lowest BCUT2D eigenvalue weighted by Crippen LogP contribution is -2.37. The summed E-state index contributed by atoms with van der Waals surface area (Å²) in [5.41, 5.74) is 5.92. The Bertz CT molecular complexity index is 788. The van der Waals surface area contributed by atoms with Crippen LogP contribution in [-0.4, -0.2) is 31.1 Å². The third-order valence-corrected chi connectivity index (χ3v) is 4.84. The number of nitrogens with zero attached hydrogens (tertiary/aromatic N) is 1. The zero-order chi connectivity index (χ0) is 18.4. The monoisotopic (exact) mass is 357 g/mol. The standard InChI is InChI=1S/C20H27N3O3/c21-17-18(20(25)19(17)24)22-9-6-12-26-16-8-5-7-15(13-16)14-23-10-3-1-2-4-11-23/h5,7-8,13,22H,1-4,6,9-12,14,21H2. The summed E-state index contributed by atoms with van der Waals surface area (Å²) in [7, 11) is 0. The largest absolute Gasteiger partial charge is 0.494 e. The van der Waals surface area contributed by atoms with Crippen molar-refractivity contribution in [3.63, 3.8) is 0 Å². The van der Waals surface area contributed by atoms with Gasteiger partial charge in [-0.2, -0.15) is 0 Å². The second-order valence-corrected chi connectivity index (χ2v) is 6.91. The van der Waals surface area contributed by atoms with E-state index in [1.54, 1.807) is 0 Å². The van der Waals surface area contributed by atoms with E-state index in [9.17, 15) is 9.59 Å². The van der Waals surface area contributed by atoms with Crippen molar-refractivity contribution in [3.05, 3.63) is 50.3 Å². The molecule has 0 aromatic heterocycles. The van der Waals surface area contributed by atoms with Crippen LogP contribution in [-0.2, 0) is 6.54 Å². The summed E-state index contributed by atoms with van der Waals surface area (Å²) in [5.74, 6) is 0.867. The molecule has 0 saturated carbocycles. The second kappa shape index (κ2) is 8.85. The molecule has 1 aliphatic heterocycles. The lowest BCUT2D eigenvalue weighted by Gasteiger charge is -2.20. The van der Waals surface area contributed by atoms with Crippen molar-refractivity contribution in [2.24, 2.45) is 0 Å². The summed E-state index contributed by atoms with van der Waals surface area (Å²) >= 11 is 0. The zero-order valence-corrected chi connectivity index (χ0v) is 15.1. The van der Waals surface area contributed by atoms with E-state index < -0.39 is 10.9 Å². The second-order valence-electron chi connectivity index (χ2n) is 6.91. The Morgan fingerprint density at radius 2 is 1.85 bits per heavy atom. The number of hydrogen-bond acceptors (Lipinski definition) is 6. The van der Waals surface area contributed by atoms with Crippen LogP contribution in [0.15, 0.2) is 33.9 Å². The number of nitrogens with one attached hydrogen (secondary N) is 1. The first-order valence-corrected chi connectivity index (χ1v) is 9.42. The third-order valence-electron chi connectivity index (χ3n) is 4.84. The maximum absolute atomic E-state index is 11.3. The molecule has 0 atom stereocenters. The van der Waals surface area contributed by atoms with Gasteiger partial charge in [0.1, 0.15) is 17.1 Å². The summed E-state index contributed by atoms with van der Waals surface area (Å²) < 4.78 is 5.81. The number of nitrogen functional groups attached to an aromatic ring is 1. The van der Waals surface area contributed by atoms with E-state index >= 15 is 0 Å². The van der Waals surface area contributed by atoms with Crippen molar-refractivity contribution in [3.8, 4) is 5.75 Å². The van der Waals surface area contributed by atoms with Crippen LogP contribution in [0.2, 0.25) is 0 Å². The minimum atomic E-state index is -0.593. The minimum absolute atomic E-state index is 0.0390. The van der Waals surface area contributed by atoms with Gasteiger partial charge >= 0.3 is 0 Å². The molecule has 3 rings (SSSR count). The van der Waals surface area contributed by atoms with Gasteiger partial charge in [0.25, 0.3) is 10.9 Å². The number of nitrogens with two attached hydrogens (primary N) is 1. The molecule has 0 spiro atoms. The molecular weight excluding hydrogens is 330 g/mol. The first kappa shape index (κ1) is 18.5. The summed E-state index contributed by atoms with van der Waals surface area (Å²) in [6.07, 6.45) is 5.98. The zero-order valence-electron chi connectivity index (χ0n) is 15.1. The maximum Gasteiger partial charge on any atom is 0.253 e. The van der Waals surface area contributed by atoms with Crippen LogP contribution in [0.25, 0.3) is 0 Å². The van der Waals surface area contributed by atoms with Crippen molar-refractivity contribution in [2.75, 3.05) is 37.3 Å². The van der Waals surface area contributed by atoms with Crippen LogP contribution in [0, 0.1) is 0 Å². The predicted octanol–water partition coefficient (Wildman–Crippen LogP) is 2.12. The van der Waals surface area contributed by atoms with Crippen LogP contribution in [0.4, 0.5) is 11.4 Å². The Morgan fingerprint density at radius 1 is 1.08 bits per heavy atom. The molecule has 2 aromatic carbocycles. The van der Waals surface area contributed by atoms with Gasteiger partial charge in [-0.25, -0.2) is 0 Å². The molecule has 0 amide bonds. The fourth-order valence-corrected chi connectivity index (χ4v) is 3.35. The van der Waals surface area contributed by atoms with Gasteiger partial charge < -0.3 is 15.8 Å². The van der Waals surface area contributed by atoms with Crippen LogP contribution in [0.5, 0.6) is 5.75 Å². The number of ether oxygens (including phenoxy) is 1. The first-order valence-electron chi connectivity index (χ1n) is 9.42. The Morgan fingerprint density at radius 3 is 2.58 bits per heavy atom. The molecule has 0 unspecified atom stereocenters. The van der Waals surface area contributed by atoms with E-state index in [0.717, 1.165) is 12.3 Å². The quantitative estimate of drug-likeness (QED) is 0.556. The van der Waals surface area contributed by atoms with Crippen molar-refractivity contribution in [1.82, 2.24) is 4.90 Å². The highest BCUT2D eigenvalue weighted by Gasteiger charge is 2.16. The van der Waals surface area contributed by atoms with Gasteiger partial charge in [0.05, 0.1) is 6.61 Å². The van der Waals surface area contributed by atoms with Gasteiger partial charge in [0, 0.05) is 13.1 Å². The van der Waals surface area contributed by atoms with Gasteiger partial charge in [-0.15, -0.1) is 0 Å². The molecule has 6 nitrogen and oxygen atoms in total. The smallest absolute Gasteiger partial charge is 0.253 e. The lowest BCUT2D eigenvalue weighted by atomic mass is 10.2. The normalized spacial score (nSPS) is 15.7. The molecule has 26 heavy (non-hydrogen) atoms. The summed E-state index contributed by atoms with van der Waals surface area (Å²) in [5, 5.41) is 2.90. The number of hydrogen-bond donors (Lipinski definition) is 2. The average Bonchev–Trinajstić information content (AvgIpc) is 2.93. The van der Waals surface area contributed by atoms with Gasteiger partial charge in [-0.3, -0.25) is 14.5 Å². The van der Waals surface area contributed by atoms with Crippen LogP contribution in [0.3, 0.4) is 0 Å². The Balaban J connectivity index is 1.41. The molecule has 140 valence electrons. The Kier molecular flexibility index (Phi) is 6.28. The Hall–Kier alpha value is -2.34. The summed E-state index contributed by atoms with van der Waals surface area (Å²) in [4.78, 5) is 24.9. The predicted molar refractivity (Wildman–Crippen MR) is 105 cm³/mol. The van der Waals surface area contributed by atoms with Gasteiger partial charge in [0.2, 0.25) is 0 Å². The van der Waals surface area contributed by atoms with Crippen molar-refractivity contribution < 1.29 is 4.74 Å². The highest BCUT2D eigenvalue weighted by Crippen LogP contribution is 2.18. The fourth-order valence-electron chi connectivity index (χ4n) is 3.35. The molecule has 0 aliphatic carbocycles. The molecule has 3 N–H and O–H groups in total. The molecule has 6 heteroatoms. The first-order chi connectivity index (χ1) is 12.6. The van der Waals surface area contributed by atoms with Crippen LogP contribution in [0.1, 0.15) is 37.7 Å². The van der Waals surface area contributed by atoms with Gasteiger partial charge in [-0.1, -0.05) is 25.0 Å². The molecule has 2 aromatic rings. The molecule has 1 heterocycles. The Labute approximate surface area is 153 Å². The number of anilines is 2. The van der Waals surface area contributed by atoms with Crippen molar-refractivity contribution in [1.29, 1.82) is 0 Å². The van der Waals surface area contributed by atoms with Gasteiger partial charge in [-0.05, 0) is 50.0 Å². The van der Waals surface area contributed by atoms with Crippen LogP contribution < -0.4 is 26.6 Å². The summed E-state index contributed by atoms with van der Waals surface area (Å²) in [6.45, 7) is 4.41. The van der Waals surface area contributed by atoms with Crippen molar-refractivity contribution in [2.45, 2.75) is 38.6 Å². The summed E-state index contributed by atoms with van der Waals surface area (Å²) in [6, 6.07) is 8.25. The molecule has 0 bridgehead atoms. The fraction of sp³-hybridized carbons (Fsp3) is 0.500. The maximum atomic E-state index is 11.3. The molecule has 1 saturated heterocycles. The number of likely N-dealkylation sites (tertiary alicyclic amines) is 1. The highest BCUT2D eigenvalue weighted by atomic mass is 16.5. The van der Waals surface area contributed by atoms with Gasteiger partial charge in [0.15, 0.2) is 0 Å². The molecule has 1 aliphatic rings. The van der Waals surface area contributed by atoms with E-state index in [1.807, 2.05) is 12.1 Å². The van der Waals surface area contributed by atoms with E-state index in [1.165, 1.54) is 44.3 Å². The van der Waals surface area contributed by atoms with Crippen molar-refractivity contribution >= 4 is 11.4 Å². The number of benzene rings is 1. The molecule has 1 fully saturated rings. The topological polar surface area (TPSA) is 84.7 Å². The minimum Gasteiger partial charge on any atom is -0.494 e. The highest BCUT2D eigenvalue weighted by molar-refractivity contribution is 5.71.